The van der Waals surface area contributed by atoms with Gasteiger partial charge in [-0.1, -0.05) is 18.2 Å². The van der Waals surface area contributed by atoms with Crippen LogP contribution in [0.3, 0.4) is 0 Å². The Kier molecular flexibility index (Phi) is 10.2. The second-order valence-corrected chi connectivity index (χ2v) is 14.3. The van der Waals surface area contributed by atoms with Gasteiger partial charge in [-0.15, -0.1) is 0 Å². The minimum absolute atomic E-state index is 0.00740. The number of aromatic nitrogens is 2. The first kappa shape index (κ1) is 33.3. The van der Waals surface area contributed by atoms with Gasteiger partial charge < -0.3 is 25.3 Å². The molecule has 3 aromatic rings. The van der Waals surface area contributed by atoms with Crippen LogP contribution in [0.5, 0.6) is 0 Å². The van der Waals surface area contributed by atoms with Crippen molar-refractivity contribution in [3.05, 3.63) is 59.3 Å². The minimum Gasteiger partial charge on any atom is -0.321 e. The number of halogens is 3. The molecule has 2 aromatic carbocycles. The number of rotatable bonds is 9. The van der Waals surface area contributed by atoms with Gasteiger partial charge in [0.25, 0.3) is 0 Å². The van der Waals surface area contributed by atoms with E-state index in [0.29, 0.717) is 17.8 Å². The molecule has 3 N–H and O–H groups in total. The Labute approximate surface area is 281 Å². The molecule has 9 nitrogen and oxygen atoms in total. The Morgan fingerprint density at radius 1 is 0.896 bits per heavy atom. The van der Waals surface area contributed by atoms with Gasteiger partial charge in [-0.05, 0) is 99.8 Å². The quantitative estimate of drug-likeness (QED) is 0.297. The average molecular weight is 667 g/mol. The van der Waals surface area contributed by atoms with Gasteiger partial charge in [0.1, 0.15) is 0 Å². The van der Waals surface area contributed by atoms with Crippen molar-refractivity contribution in [3.63, 3.8) is 0 Å². The van der Waals surface area contributed by atoms with E-state index in [1.165, 1.54) is 17.8 Å². The van der Waals surface area contributed by atoms with Crippen LogP contribution in [0.4, 0.5) is 23.7 Å². The molecule has 0 bridgehead atoms. The topological polar surface area (TPSA) is 82.8 Å². The van der Waals surface area contributed by atoms with Crippen molar-refractivity contribution in [2.24, 2.45) is 5.92 Å². The summed E-state index contributed by atoms with van der Waals surface area (Å²) in [4.78, 5) is 22.8. The van der Waals surface area contributed by atoms with E-state index in [1.807, 2.05) is 29.2 Å². The Balaban J connectivity index is 0.981. The van der Waals surface area contributed by atoms with Crippen LogP contribution in [-0.2, 0) is 19.0 Å². The first-order valence-corrected chi connectivity index (χ1v) is 17.9. The number of benzene rings is 2. The SMILES string of the molecule is O=C1Nc2ccccc2CCN1C1CCN(CCC(Cc2cc(C(F)(F)F)c3[nH]ncc3c2)CN2CCC(N3CCNCC3)CC2)CC1. The zero-order valence-corrected chi connectivity index (χ0v) is 27.8. The number of carbonyl (C=O) groups excluding carboxylic acids is 1. The molecule has 5 heterocycles. The molecule has 0 aliphatic carbocycles. The van der Waals surface area contributed by atoms with Crippen molar-refractivity contribution in [3.8, 4) is 0 Å². The number of fused-ring (bicyclic) bond motifs is 2. The zero-order valence-electron chi connectivity index (χ0n) is 27.8. The van der Waals surface area contributed by atoms with Crippen LogP contribution in [0.1, 0.15) is 48.8 Å². The number of piperazine rings is 1. The van der Waals surface area contributed by atoms with Gasteiger partial charge in [-0.3, -0.25) is 10.00 Å². The number of alkyl halides is 3. The second kappa shape index (κ2) is 14.7. The molecule has 3 fully saturated rings. The van der Waals surface area contributed by atoms with E-state index in [9.17, 15) is 18.0 Å². The number of H-pyrrole nitrogens is 1. The molecule has 0 saturated carbocycles. The largest absolute Gasteiger partial charge is 0.418 e. The summed E-state index contributed by atoms with van der Waals surface area (Å²) in [6.45, 7) is 10.8. The maximum absolute atomic E-state index is 14.0. The smallest absolute Gasteiger partial charge is 0.321 e. The molecular formula is C36H49F3N8O. The van der Waals surface area contributed by atoms with Crippen LogP contribution in [0.2, 0.25) is 0 Å². The number of carbonyl (C=O) groups is 1. The van der Waals surface area contributed by atoms with E-state index in [0.717, 1.165) is 122 Å². The monoisotopic (exact) mass is 666 g/mol. The summed E-state index contributed by atoms with van der Waals surface area (Å²) in [6, 6.07) is 12.1. The fraction of sp³-hybridized carbons (Fsp3) is 0.611. The van der Waals surface area contributed by atoms with E-state index in [4.69, 9.17) is 0 Å². The van der Waals surface area contributed by atoms with Crippen LogP contribution in [0.15, 0.2) is 42.6 Å². The van der Waals surface area contributed by atoms with Crippen molar-refractivity contribution in [2.45, 2.75) is 63.2 Å². The highest BCUT2D eigenvalue weighted by molar-refractivity contribution is 5.91. The summed E-state index contributed by atoms with van der Waals surface area (Å²) < 4.78 is 42.1. The summed E-state index contributed by atoms with van der Waals surface area (Å²) in [5.41, 5.74) is 2.24. The number of hydrogen-bond donors (Lipinski definition) is 3. The van der Waals surface area contributed by atoms with Crippen molar-refractivity contribution in [1.82, 2.24) is 35.1 Å². The molecule has 12 heteroatoms. The molecule has 1 atom stereocenters. The highest BCUT2D eigenvalue weighted by Crippen LogP contribution is 2.36. The standard InChI is InChI=1S/C36H49F3N8O/c37-36(38,39)32-23-27(22-29-24-41-43-34(29)32)21-26(25-45-16-7-30(8-17-45)46-19-11-40-12-20-46)5-13-44-14-9-31(10-15-44)47-18-6-28-3-1-2-4-33(28)42-35(47)48/h1-4,22-24,26,30-31,40H,5-21,25H2,(H,41,43)(H,42,48). The van der Waals surface area contributed by atoms with Crippen molar-refractivity contribution < 1.29 is 18.0 Å². The normalized spacial score (nSPS) is 22.1. The van der Waals surface area contributed by atoms with Gasteiger partial charge in [-0.2, -0.15) is 18.3 Å². The molecule has 0 radical (unpaired) electrons. The molecule has 260 valence electrons. The maximum atomic E-state index is 14.0. The Morgan fingerprint density at radius 2 is 1.62 bits per heavy atom. The summed E-state index contributed by atoms with van der Waals surface area (Å²) in [5, 5.41) is 13.5. The van der Waals surface area contributed by atoms with Crippen LogP contribution in [0, 0.1) is 5.92 Å². The van der Waals surface area contributed by atoms with Crippen LogP contribution in [0.25, 0.3) is 10.9 Å². The van der Waals surface area contributed by atoms with Gasteiger partial charge >= 0.3 is 12.2 Å². The molecule has 7 rings (SSSR count). The first-order chi connectivity index (χ1) is 23.3. The Hall–Kier alpha value is -3.19. The third-order valence-corrected chi connectivity index (χ3v) is 11.2. The van der Waals surface area contributed by atoms with Crippen molar-refractivity contribution in [1.29, 1.82) is 0 Å². The van der Waals surface area contributed by atoms with Gasteiger partial charge in [0, 0.05) is 75.5 Å². The molecule has 4 aliphatic heterocycles. The molecule has 48 heavy (non-hydrogen) atoms. The maximum Gasteiger partial charge on any atom is 0.418 e. The Morgan fingerprint density at radius 3 is 2.40 bits per heavy atom. The lowest BCUT2D eigenvalue weighted by molar-refractivity contribution is -0.136. The van der Waals surface area contributed by atoms with Gasteiger partial charge in [0.2, 0.25) is 0 Å². The fourth-order valence-corrected chi connectivity index (χ4v) is 8.49. The fourth-order valence-electron chi connectivity index (χ4n) is 8.49. The first-order valence-electron chi connectivity index (χ1n) is 17.9. The van der Waals surface area contributed by atoms with E-state index < -0.39 is 11.7 Å². The number of para-hydroxylation sites is 1. The van der Waals surface area contributed by atoms with E-state index >= 15 is 0 Å². The predicted octanol–water partition coefficient (Wildman–Crippen LogP) is 5.05. The third kappa shape index (κ3) is 7.82. The summed E-state index contributed by atoms with van der Waals surface area (Å²) in [6.07, 6.45) is 3.59. The number of urea groups is 1. The zero-order chi connectivity index (χ0) is 33.1. The predicted molar refractivity (Wildman–Crippen MR) is 182 cm³/mol. The van der Waals surface area contributed by atoms with E-state index in [-0.39, 0.29) is 23.5 Å². The van der Waals surface area contributed by atoms with E-state index in [2.05, 4.69) is 41.6 Å². The number of anilines is 1. The number of aromatic amines is 1. The minimum atomic E-state index is -4.44. The molecule has 1 unspecified atom stereocenters. The lowest BCUT2D eigenvalue weighted by Gasteiger charge is -2.41. The second-order valence-electron chi connectivity index (χ2n) is 14.3. The summed E-state index contributed by atoms with van der Waals surface area (Å²) >= 11 is 0. The number of piperidine rings is 2. The van der Waals surface area contributed by atoms with Crippen molar-refractivity contribution in [2.75, 3.05) is 77.3 Å². The lowest BCUT2D eigenvalue weighted by atomic mass is 9.91. The van der Waals surface area contributed by atoms with E-state index in [1.54, 1.807) is 0 Å². The highest BCUT2D eigenvalue weighted by Gasteiger charge is 2.35. The lowest BCUT2D eigenvalue weighted by Crippen LogP contribution is -2.52. The number of likely N-dealkylation sites (tertiary alicyclic amines) is 2. The molecule has 1 aromatic heterocycles. The van der Waals surface area contributed by atoms with Gasteiger partial charge in [0.15, 0.2) is 0 Å². The number of hydrogen-bond acceptors (Lipinski definition) is 6. The van der Waals surface area contributed by atoms with Crippen molar-refractivity contribution >= 4 is 22.6 Å². The van der Waals surface area contributed by atoms with Gasteiger partial charge in [-0.25, -0.2) is 4.79 Å². The molecular weight excluding hydrogens is 617 g/mol. The molecule has 2 amide bonds. The molecule has 4 aliphatic rings. The average Bonchev–Trinajstić information content (AvgIpc) is 3.50. The van der Waals surface area contributed by atoms with Crippen LogP contribution in [-0.4, -0.2) is 120 Å². The van der Waals surface area contributed by atoms with Crippen LogP contribution < -0.4 is 10.6 Å². The molecule has 0 spiro atoms. The summed E-state index contributed by atoms with van der Waals surface area (Å²) in [5.74, 6) is 0.235. The summed E-state index contributed by atoms with van der Waals surface area (Å²) in [7, 11) is 0. The van der Waals surface area contributed by atoms with Gasteiger partial charge in [0.05, 0.1) is 17.3 Å². The number of nitrogens with zero attached hydrogens (tertiary/aromatic N) is 5. The number of nitrogens with one attached hydrogen (secondary N) is 3. The Bertz CT molecular complexity index is 1520. The third-order valence-electron chi connectivity index (χ3n) is 11.2. The highest BCUT2D eigenvalue weighted by atomic mass is 19.4. The van der Waals surface area contributed by atoms with Crippen LogP contribution >= 0.6 is 0 Å². The number of amides is 2. The molecule has 3 saturated heterocycles.